The molecule has 14 heavy (non-hydrogen) atoms. The van der Waals surface area contributed by atoms with E-state index in [0.717, 1.165) is 13.0 Å². The van der Waals surface area contributed by atoms with Gasteiger partial charge in [-0.1, -0.05) is 6.92 Å². The van der Waals surface area contributed by atoms with Gasteiger partial charge in [-0.2, -0.15) is 0 Å². The first-order chi connectivity index (χ1) is 6.77. The van der Waals surface area contributed by atoms with Crippen LogP contribution in [0.3, 0.4) is 0 Å². The van der Waals surface area contributed by atoms with Crippen LogP contribution in [0, 0.1) is 5.92 Å². The number of hydrogen-bond donors (Lipinski definition) is 2. The summed E-state index contributed by atoms with van der Waals surface area (Å²) in [4.78, 5) is 11.8. The lowest BCUT2D eigenvalue weighted by atomic mass is 9.92. The number of rotatable bonds is 2. The summed E-state index contributed by atoms with van der Waals surface area (Å²) >= 11 is 0. The highest BCUT2D eigenvalue weighted by molar-refractivity contribution is 5.82. The molecule has 0 spiro atoms. The lowest BCUT2D eigenvalue weighted by Crippen LogP contribution is -2.57. The van der Waals surface area contributed by atoms with Gasteiger partial charge in [-0.05, 0) is 25.3 Å². The number of carbonyl (C=O) groups excluding carboxylic acids is 1. The summed E-state index contributed by atoms with van der Waals surface area (Å²) in [5.41, 5.74) is 0. The van der Waals surface area contributed by atoms with Gasteiger partial charge < -0.3 is 15.4 Å². The molecule has 2 aliphatic rings. The van der Waals surface area contributed by atoms with Crippen LogP contribution in [0.1, 0.15) is 19.8 Å². The molecule has 0 radical (unpaired) electrons. The van der Waals surface area contributed by atoms with E-state index in [0.29, 0.717) is 19.1 Å². The van der Waals surface area contributed by atoms with Gasteiger partial charge in [-0.3, -0.25) is 4.79 Å². The van der Waals surface area contributed by atoms with Crippen molar-refractivity contribution in [2.24, 2.45) is 5.92 Å². The minimum Gasteiger partial charge on any atom is -0.377 e. The van der Waals surface area contributed by atoms with E-state index in [-0.39, 0.29) is 18.0 Å². The van der Waals surface area contributed by atoms with E-state index in [4.69, 9.17) is 4.74 Å². The molecule has 1 amide bonds. The van der Waals surface area contributed by atoms with Crippen molar-refractivity contribution >= 4 is 5.91 Å². The third kappa shape index (κ3) is 2.07. The maximum atomic E-state index is 11.8. The summed E-state index contributed by atoms with van der Waals surface area (Å²) in [6.45, 7) is 4.44. The third-order valence-electron chi connectivity index (χ3n) is 3.04. The van der Waals surface area contributed by atoms with Gasteiger partial charge in [0.15, 0.2) is 0 Å². The molecule has 0 saturated carbocycles. The van der Waals surface area contributed by atoms with Gasteiger partial charge >= 0.3 is 0 Å². The number of amides is 1. The quantitative estimate of drug-likeness (QED) is 0.651. The van der Waals surface area contributed by atoms with Gasteiger partial charge in [0.25, 0.3) is 0 Å². The molecule has 0 aromatic heterocycles. The van der Waals surface area contributed by atoms with E-state index >= 15 is 0 Å². The van der Waals surface area contributed by atoms with E-state index in [1.54, 1.807) is 0 Å². The van der Waals surface area contributed by atoms with E-state index in [9.17, 15) is 4.79 Å². The summed E-state index contributed by atoms with van der Waals surface area (Å²) in [7, 11) is 0. The number of hydrogen-bond acceptors (Lipinski definition) is 3. The number of ether oxygens (including phenoxy) is 1. The Bertz CT molecular complexity index is 216. The number of carbonyl (C=O) groups is 1. The molecule has 2 rings (SSSR count). The van der Waals surface area contributed by atoms with Gasteiger partial charge in [0, 0.05) is 0 Å². The highest BCUT2D eigenvalue weighted by Gasteiger charge is 2.30. The minimum atomic E-state index is 0.00403. The lowest BCUT2D eigenvalue weighted by molar-refractivity contribution is -0.129. The SMILES string of the molecule is CC1CCCNC1C(=O)NC1COC1. The Morgan fingerprint density at radius 2 is 2.29 bits per heavy atom. The van der Waals surface area contributed by atoms with Crippen LogP contribution in [0.15, 0.2) is 0 Å². The van der Waals surface area contributed by atoms with Crippen LogP contribution in [0.25, 0.3) is 0 Å². The van der Waals surface area contributed by atoms with Crippen molar-refractivity contribution in [3.8, 4) is 0 Å². The highest BCUT2D eigenvalue weighted by Crippen LogP contribution is 2.16. The Hall–Kier alpha value is -0.610. The first-order valence-corrected chi connectivity index (χ1v) is 5.39. The van der Waals surface area contributed by atoms with E-state index < -0.39 is 0 Å². The molecule has 2 aliphatic heterocycles. The predicted molar refractivity (Wildman–Crippen MR) is 52.9 cm³/mol. The Morgan fingerprint density at radius 1 is 1.50 bits per heavy atom. The van der Waals surface area contributed by atoms with E-state index in [2.05, 4.69) is 17.6 Å². The zero-order chi connectivity index (χ0) is 9.97. The maximum Gasteiger partial charge on any atom is 0.237 e. The molecule has 2 unspecified atom stereocenters. The molecule has 0 aromatic carbocycles. The molecule has 2 fully saturated rings. The smallest absolute Gasteiger partial charge is 0.237 e. The average molecular weight is 198 g/mol. The van der Waals surface area contributed by atoms with Gasteiger partial charge in [-0.15, -0.1) is 0 Å². The standard InChI is InChI=1S/C10H18N2O2/c1-7-3-2-4-11-9(7)10(13)12-8-5-14-6-8/h7-9,11H,2-6H2,1H3,(H,12,13). The maximum absolute atomic E-state index is 11.8. The zero-order valence-corrected chi connectivity index (χ0v) is 8.58. The Labute approximate surface area is 84.4 Å². The normalized spacial score (nSPS) is 33.5. The van der Waals surface area contributed by atoms with Crippen LogP contribution in [0.2, 0.25) is 0 Å². The number of piperidine rings is 1. The van der Waals surface area contributed by atoms with Crippen LogP contribution in [0.5, 0.6) is 0 Å². The minimum absolute atomic E-state index is 0.00403. The monoisotopic (exact) mass is 198 g/mol. The fourth-order valence-corrected chi connectivity index (χ4v) is 2.01. The Kier molecular flexibility index (Phi) is 3.03. The molecule has 0 aromatic rings. The van der Waals surface area contributed by atoms with Gasteiger partial charge in [0.2, 0.25) is 5.91 Å². The Morgan fingerprint density at radius 3 is 2.86 bits per heavy atom. The summed E-state index contributed by atoms with van der Waals surface area (Å²) in [6.07, 6.45) is 2.32. The fraction of sp³-hybridized carbons (Fsp3) is 0.900. The molecule has 2 N–H and O–H groups in total. The molecule has 0 aliphatic carbocycles. The van der Waals surface area contributed by atoms with Gasteiger partial charge in [-0.25, -0.2) is 0 Å². The average Bonchev–Trinajstić information content (AvgIpc) is 2.12. The lowest BCUT2D eigenvalue weighted by Gasteiger charge is -2.33. The Balaban J connectivity index is 1.82. The molecule has 0 bridgehead atoms. The molecule has 2 heterocycles. The first kappa shape index (κ1) is 9.93. The first-order valence-electron chi connectivity index (χ1n) is 5.39. The second kappa shape index (κ2) is 4.28. The van der Waals surface area contributed by atoms with Crippen LogP contribution >= 0.6 is 0 Å². The van der Waals surface area contributed by atoms with Crippen LogP contribution in [-0.2, 0) is 9.53 Å². The third-order valence-corrected chi connectivity index (χ3v) is 3.04. The summed E-state index contributed by atoms with van der Waals surface area (Å²) in [5.74, 6) is 0.593. The molecule has 80 valence electrons. The van der Waals surface area contributed by atoms with E-state index in [1.807, 2.05) is 0 Å². The van der Waals surface area contributed by atoms with Crippen molar-refractivity contribution in [2.75, 3.05) is 19.8 Å². The molecule has 4 heteroatoms. The molecular weight excluding hydrogens is 180 g/mol. The molecular formula is C10H18N2O2. The van der Waals surface area contributed by atoms with Crippen molar-refractivity contribution in [3.05, 3.63) is 0 Å². The van der Waals surface area contributed by atoms with Crippen molar-refractivity contribution in [1.29, 1.82) is 0 Å². The summed E-state index contributed by atoms with van der Waals surface area (Å²) in [5, 5.41) is 6.26. The predicted octanol–water partition coefficient (Wildman–Crippen LogP) is -0.110. The van der Waals surface area contributed by atoms with Gasteiger partial charge in [0.05, 0.1) is 25.3 Å². The fourth-order valence-electron chi connectivity index (χ4n) is 2.01. The second-order valence-electron chi connectivity index (χ2n) is 4.29. The number of nitrogens with one attached hydrogen (secondary N) is 2. The topological polar surface area (TPSA) is 50.4 Å². The van der Waals surface area contributed by atoms with Crippen molar-refractivity contribution in [1.82, 2.24) is 10.6 Å². The molecule has 4 nitrogen and oxygen atoms in total. The summed E-state index contributed by atoms with van der Waals surface area (Å²) < 4.78 is 5.01. The van der Waals surface area contributed by atoms with Gasteiger partial charge in [0.1, 0.15) is 0 Å². The highest BCUT2D eigenvalue weighted by atomic mass is 16.5. The molecule has 2 atom stereocenters. The largest absolute Gasteiger partial charge is 0.377 e. The van der Waals surface area contributed by atoms with Crippen LogP contribution < -0.4 is 10.6 Å². The van der Waals surface area contributed by atoms with E-state index in [1.165, 1.54) is 6.42 Å². The van der Waals surface area contributed by atoms with Crippen LogP contribution in [0.4, 0.5) is 0 Å². The van der Waals surface area contributed by atoms with Crippen molar-refractivity contribution in [3.63, 3.8) is 0 Å². The zero-order valence-electron chi connectivity index (χ0n) is 8.58. The van der Waals surface area contributed by atoms with Crippen molar-refractivity contribution in [2.45, 2.75) is 31.8 Å². The molecule has 2 saturated heterocycles. The second-order valence-corrected chi connectivity index (χ2v) is 4.29. The summed E-state index contributed by atoms with van der Waals surface area (Å²) in [6, 6.07) is 0.253. The van der Waals surface area contributed by atoms with Crippen molar-refractivity contribution < 1.29 is 9.53 Å². The van der Waals surface area contributed by atoms with Crippen LogP contribution in [-0.4, -0.2) is 37.7 Å².